The number of carboxylic acids is 1. The highest BCUT2D eigenvalue weighted by Crippen LogP contribution is 2.50. The molecule has 0 bridgehead atoms. The van der Waals surface area contributed by atoms with Gasteiger partial charge in [-0.05, 0) is 62.9 Å². The second-order valence-corrected chi connectivity index (χ2v) is 22.2. The fourth-order valence-corrected chi connectivity index (χ4v) is 13.1. The lowest BCUT2D eigenvalue weighted by molar-refractivity contribution is -0.140. The van der Waals surface area contributed by atoms with Gasteiger partial charge in [-0.25, -0.2) is 0 Å². The van der Waals surface area contributed by atoms with E-state index in [9.17, 15) is 34.5 Å². The van der Waals surface area contributed by atoms with Crippen molar-refractivity contribution in [3.63, 3.8) is 0 Å². The molecule has 0 aliphatic rings. The van der Waals surface area contributed by atoms with E-state index in [4.69, 9.17) is 0 Å². The third-order valence-corrected chi connectivity index (χ3v) is 17.1. The van der Waals surface area contributed by atoms with Crippen LogP contribution in [-0.2, 0) is 35.1 Å². The monoisotopic (exact) mass is 1060 g/mol. The molecule has 0 saturated heterocycles. The van der Waals surface area contributed by atoms with Gasteiger partial charge < -0.3 is 31.3 Å². The van der Waals surface area contributed by atoms with Gasteiger partial charge in [0.15, 0.2) is 0 Å². The molecule has 0 spiro atoms. The van der Waals surface area contributed by atoms with Crippen molar-refractivity contribution in [2.24, 2.45) is 5.92 Å². The first-order valence-corrected chi connectivity index (χ1v) is 28.0. The Bertz CT molecular complexity index is 2680. The lowest BCUT2D eigenvalue weighted by Crippen LogP contribution is -2.58. The summed E-state index contributed by atoms with van der Waals surface area (Å²) in [5.41, 5.74) is 6.24. The minimum Gasteiger partial charge on any atom is -0.481 e. The topological polar surface area (TPSA) is 165 Å². The third-order valence-electron chi connectivity index (χ3n) is 13.0. The van der Waals surface area contributed by atoms with Gasteiger partial charge in [-0.1, -0.05) is 214 Å². The van der Waals surface area contributed by atoms with Gasteiger partial charge in [0.25, 0.3) is 0 Å². The molecule has 7 aromatic rings. The largest absolute Gasteiger partial charge is 0.481 e. The van der Waals surface area contributed by atoms with E-state index in [-0.39, 0.29) is 24.5 Å². The van der Waals surface area contributed by atoms with E-state index in [2.05, 4.69) is 88.7 Å². The van der Waals surface area contributed by atoms with Gasteiger partial charge in [-0.2, -0.15) is 0 Å². The zero-order chi connectivity index (χ0) is 53.0. The Kier molecular flexibility index (Phi) is 20.7. The van der Waals surface area contributed by atoms with Crippen molar-refractivity contribution < 1.29 is 34.5 Å². The summed E-state index contributed by atoms with van der Waals surface area (Å²) in [7, 11) is 0. The van der Waals surface area contributed by atoms with Gasteiger partial charge in [0.05, 0.1) is 40.6 Å². The van der Waals surface area contributed by atoms with Gasteiger partial charge in [0.1, 0.15) is 12.1 Å². The van der Waals surface area contributed by atoms with Crippen LogP contribution < -0.4 is 16.0 Å². The Hall–Kier alpha value is -6.74. The van der Waals surface area contributed by atoms with Crippen molar-refractivity contribution in [1.82, 2.24) is 16.0 Å². The summed E-state index contributed by atoms with van der Waals surface area (Å²) < 4.78 is -1.38. The van der Waals surface area contributed by atoms with E-state index >= 15 is 0 Å². The average Bonchev–Trinajstić information content (AvgIpc) is 3.95. The highest BCUT2D eigenvalue weighted by atomic mass is 32.2. The second kappa shape index (κ2) is 27.7. The maximum atomic E-state index is 14.8. The first-order valence-electron chi connectivity index (χ1n) is 25.2. The number of aliphatic carboxylic acids is 1. The Morgan fingerprint density at radius 2 is 0.973 bits per heavy atom. The van der Waals surface area contributed by atoms with Crippen LogP contribution in [0, 0.1) is 5.92 Å². The van der Waals surface area contributed by atoms with Crippen LogP contribution >= 0.6 is 34.9 Å². The average molecular weight is 1060 g/mol. The molecule has 10 nitrogen and oxygen atoms in total. The van der Waals surface area contributed by atoms with Crippen LogP contribution in [0.25, 0.3) is 0 Å². The van der Waals surface area contributed by atoms with Crippen LogP contribution in [0.2, 0.25) is 0 Å². The fourth-order valence-electron chi connectivity index (χ4n) is 9.36. The number of rotatable bonds is 27. The van der Waals surface area contributed by atoms with Crippen LogP contribution in [0.3, 0.4) is 0 Å². The minimum absolute atomic E-state index is 0.0146. The zero-order valence-corrected chi connectivity index (χ0v) is 44.6. The molecule has 0 radical (unpaired) electrons. The maximum absolute atomic E-state index is 14.8. The van der Waals surface area contributed by atoms with Crippen molar-refractivity contribution in [1.29, 1.82) is 0 Å². The molecule has 5 atom stereocenters. The number of carbonyl (C=O) groups is 4. The first kappa shape index (κ1) is 56.0. The number of benzene rings is 6. The van der Waals surface area contributed by atoms with Crippen LogP contribution in [0.1, 0.15) is 71.4 Å². The minimum atomic E-state index is -1.41. The summed E-state index contributed by atoms with van der Waals surface area (Å²) >= 11 is 4.67. The molecule has 6 aromatic carbocycles. The molecule has 388 valence electrons. The Balaban J connectivity index is 1.10. The van der Waals surface area contributed by atoms with E-state index in [1.54, 1.807) is 31.7 Å². The lowest BCUT2D eigenvalue weighted by Gasteiger charge is -2.37. The number of hydrogen-bond acceptors (Lipinski definition) is 9. The van der Waals surface area contributed by atoms with Crippen molar-refractivity contribution in [2.75, 3.05) is 11.5 Å². The van der Waals surface area contributed by atoms with E-state index in [1.807, 2.05) is 133 Å². The molecule has 0 aliphatic heterocycles. The van der Waals surface area contributed by atoms with Crippen LogP contribution in [0.4, 0.5) is 0 Å². The molecular weight excluding hydrogens is 995 g/mol. The number of amides is 3. The molecule has 0 aliphatic carbocycles. The van der Waals surface area contributed by atoms with E-state index in [1.165, 1.54) is 23.1 Å². The summed E-state index contributed by atoms with van der Waals surface area (Å²) in [6, 6.07) is 61.4. The highest BCUT2D eigenvalue weighted by Gasteiger charge is 2.40. The number of hydrogen-bond donors (Lipinski definition) is 6. The summed E-state index contributed by atoms with van der Waals surface area (Å²) in [6.07, 6.45) is 0.738. The molecule has 13 heteroatoms. The van der Waals surface area contributed by atoms with E-state index in [0.29, 0.717) is 12.2 Å². The van der Waals surface area contributed by atoms with E-state index < -0.39 is 69.9 Å². The van der Waals surface area contributed by atoms with Crippen LogP contribution in [0.15, 0.2) is 212 Å². The van der Waals surface area contributed by atoms with Crippen molar-refractivity contribution in [2.45, 2.75) is 79.4 Å². The summed E-state index contributed by atoms with van der Waals surface area (Å²) in [5.74, 6) is -2.70. The second-order valence-electron chi connectivity index (χ2n) is 18.6. The zero-order valence-electron chi connectivity index (χ0n) is 42.1. The molecule has 75 heavy (non-hydrogen) atoms. The number of aliphatic hydroxyl groups excluding tert-OH is 2. The number of aliphatic hydroxyl groups is 2. The molecule has 3 amide bonds. The molecular formula is C62H65N3O7S3. The molecule has 3 unspecified atom stereocenters. The third kappa shape index (κ3) is 14.8. The normalized spacial score (nSPS) is 13.8. The SMILES string of the molecule is CC(C)[C@@H](NC(=O)C(CSC(c1ccccc1)(c1ccccc1)c1ccccc1)NC(=O)C(Cc1cccs1)NC(=O)CC(O)C=CCCSC(c1ccccc1)(c1ccccc1)c1ccccc1)[C@@H](O)CC(=O)O. The number of thioether (sulfide) groups is 2. The predicted molar refractivity (Wildman–Crippen MR) is 305 cm³/mol. The highest BCUT2D eigenvalue weighted by molar-refractivity contribution is 8.00. The molecule has 1 aromatic heterocycles. The van der Waals surface area contributed by atoms with E-state index in [0.717, 1.165) is 38.3 Å². The van der Waals surface area contributed by atoms with Gasteiger partial charge in [-0.3, -0.25) is 19.2 Å². The summed E-state index contributed by atoms with van der Waals surface area (Å²) in [5, 5.41) is 42.5. The fraction of sp³-hybridized carbons (Fsp3) is 0.258. The Morgan fingerprint density at radius 3 is 1.37 bits per heavy atom. The van der Waals surface area contributed by atoms with Crippen molar-refractivity contribution >= 4 is 58.6 Å². The summed E-state index contributed by atoms with van der Waals surface area (Å²) in [4.78, 5) is 55.9. The molecule has 0 fully saturated rings. The molecule has 7 rings (SSSR count). The lowest BCUT2D eigenvalue weighted by atomic mass is 9.84. The van der Waals surface area contributed by atoms with Crippen LogP contribution in [0.5, 0.6) is 0 Å². The number of allylic oxidation sites excluding steroid dienone is 1. The Labute approximate surface area is 453 Å². The number of carboxylic acid groups (broad SMARTS) is 1. The number of thiophene rings is 1. The first-order chi connectivity index (χ1) is 36.4. The van der Waals surface area contributed by atoms with Gasteiger partial charge in [-0.15, -0.1) is 34.9 Å². The smallest absolute Gasteiger partial charge is 0.306 e. The molecule has 1 heterocycles. The maximum Gasteiger partial charge on any atom is 0.306 e. The Morgan fingerprint density at radius 1 is 0.547 bits per heavy atom. The molecule has 0 saturated carbocycles. The predicted octanol–water partition coefficient (Wildman–Crippen LogP) is 10.4. The molecule has 6 N–H and O–H groups in total. The van der Waals surface area contributed by atoms with Crippen molar-refractivity contribution in [3.8, 4) is 0 Å². The van der Waals surface area contributed by atoms with Gasteiger partial charge >= 0.3 is 5.97 Å². The quantitative estimate of drug-likeness (QED) is 0.0167. The number of nitrogens with one attached hydrogen (secondary N) is 3. The van der Waals surface area contributed by atoms with Gasteiger partial charge in [0.2, 0.25) is 17.7 Å². The standard InChI is InChI=1S/C62H65N3O7S3/c1-44(2)58(55(67)42-57(69)70)65-60(72)54(43-75-62(48-30-15-6-16-31-48,49-32-17-7-18-33-49)50-34-19-8-20-35-50)64-59(71)53(41-52-37-23-38-73-52)63-56(68)40-51(66)36-21-22-39-74-61(45-24-9-3-10-25-45,46-26-11-4-12-27-46)47-28-13-5-14-29-47/h3-21,23-38,44,51,53-55,58,66-67H,22,39-43H2,1-2H3,(H,63,68)(H,64,71)(H,65,72)(H,69,70)/t51?,53?,54?,55-,58+/m0/s1. The summed E-state index contributed by atoms with van der Waals surface area (Å²) in [6.45, 7) is 3.54. The van der Waals surface area contributed by atoms with Crippen molar-refractivity contribution in [3.05, 3.63) is 250 Å². The number of carbonyl (C=O) groups excluding carboxylic acids is 3. The van der Waals surface area contributed by atoms with Gasteiger partial charge in [0, 0.05) is 17.1 Å². The van der Waals surface area contributed by atoms with Crippen LogP contribution in [-0.4, -0.2) is 80.8 Å².